The van der Waals surface area contributed by atoms with E-state index < -0.39 is 21.7 Å². The van der Waals surface area contributed by atoms with Crippen LogP contribution in [0.1, 0.15) is 11.1 Å². The zero-order chi connectivity index (χ0) is 14.6. The van der Waals surface area contributed by atoms with Crippen molar-refractivity contribution in [3.63, 3.8) is 0 Å². The van der Waals surface area contributed by atoms with Gasteiger partial charge in [-0.3, -0.25) is 19.2 Å². The highest BCUT2D eigenvalue weighted by molar-refractivity contribution is 5.88. The van der Waals surface area contributed by atoms with Gasteiger partial charge in [-0.05, 0) is 37.1 Å². The fourth-order valence-corrected chi connectivity index (χ4v) is 2.66. The van der Waals surface area contributed by atoms with Crippen LogP contribution in [0.5, 0.6) is 0 Å². The molecule has 0 saturated carbocycles. The van der Waals surface area contributed by atoms with Gasteiger partial charge in [0.2, 0.25) is 0 Å². The van der Waals surface area contributed by atoms with Crippen LogP contribution >= 0.6 is 0 Å². The van der Waals surface area contributed by atoms with Crippen molar-refractivity contribution in [1.29, 1.82) is 0 Å². The number of hydrogen-bond donors (Lipinski definition) is 0. The van der Waals surface area contributed by atoms with E-state index >= 15 is 0 Å². The molecule has 0 aliphatic heterocycles. The second kappa shape index (κ2) is 3.93. The summed E-state index contributed by atoms with van der Waals surface area (Å²) in [6, 6.07) is 5.55. The standard InChI is InChI=1S/C16H10O4/c1-7-3-4-8(2)12-11(7)15(19)13-9(17)5-6-10(18)14(13)16(12)20/h3-6H,1-2H3. The Hall–Kier alpha value is -2.62. The van der Waals surface area contributed by atoms with Gasteiger partial charge in [0, 0.05) is 10.8 Å². The van der Waals surface area contributed by atoms with Crippen molar-refractivity contribution in [3.8, 4) is 0 Å². The Morgan fingerprint density at radius 1 is 0.600 bits per heavy atom. The van der Waals surface area contributed by atoms with E-state index in [9.17, 15) is 19.2 Å². The lowest BCUT2D eigenvalue weighted by atomic mass is 9.97. The monoisotopic (exact) mass is 266 g/mol. The van der Waals surface area contributed by atoms with Gasteiger partial charge in [0.15, 0.2) is 21.7 Å². The highest BCUT2D eigenvalue weighted by atomic mass is 16.1. The maximum absolute atomic E-state index is 12.5. The molecular weight excluding hydrogens is 256 g/mol. The third-order valence-corrected chi connectivity index (χ3v) is 3.66. The van der Waals surface area contributed by atoms with Crippen LogP contribution in [0.3, 0.4) is 0 Å². The molecule has 3 rings (SSSR count). The Balaban J connectivity index is 3.03. The molecule has 0 saturated heterocycles. The van der Waals surface area contributed by atoms with Gasteiger partial charge in [-0.2, -0.15) is 0 Å². The predicted molar refractivity (Wildman–Crippen MR) is 76.2 cm³/mol. The number of hydrogen-bond acceptors (Lipinski definition) is 4. The highest BCUT2D eigenvalue weighted by Gasteiger charge is 2.15. The van der Waals surface area contributed by atoms with Gasteiger partial charge in [0.1, 0.15) is 0 Å². The average molecular weight is 266 g/mol. The predicted octanol–water partition coefficient (Wildman–Crippen LogP) is 0.498. The molecule has 0 N–H and O–H groups in total. The maximum atomic E-state index is 12.5. The van der Waals surface area contributed by atoms with Crippen molar-refractivity contribution in [3.05, 3.63) is 86.7 Å². The summed E-state index contributed by atoms with van der Waals surface area (Å²) in [6.45, 7) is 3.42. The molecule has 0 heterocycles. The Bertz CT molecular complexity index is 1040. The number of aryl methyl sites for hydroxylation is 2. The minimum atomic E-state index is -0.579. The van der Waals surface area contributed by atoms with Gasteiger partial charge in [0.25, 0.3) is 0 Å². The van der Waals surface area contributed by atoms with Crippen molar-refractivity contribution in [1.82, 2.24) is 0 Å². The minimum absolute atomic E-state index is 0.241. The lowest BCUT2D eigenvalue weighted by molar-refractivity contribution is 1.29. The molecule has 0 aromatic heterocycles. The molecule has 0 unspecified atom stereocenters. The first-order chi connectivity index (χ1) is 9.43. The van der Waals surface area contributed by atoms with Gasteiger partial charge in [0.05, 0.1) is 10.4 Å². The van der Waals surface area contributed by atoms with E-state index in [0.717, 1.165) is 12.1 Å². The van der Waals surface area contributed by atoms with E-state index in [1.54, 1.807) is 26.0 Å². The molecule has 0 fully saturated rings. The fraction of sp³-hybridized carbons (Fsp3) is 0.125. The van der Waals surface area contributed by atoms with Gasteiger partial charge >= 0.3 is 0 Å². The molecule has 98 valence electrons. The Morgan fingerprint density at radius 2 is 0.950 bits per heavy atom. The van der Waals surface area contributed by atoms with Gasteiger partial charge in [-0.25, -0.2) is 0 Å². The summed E-state index contributed by atoms with van der Waals surface area (Å²) in [4.78, 5) is 48.7. The second-order valence-electron chi connectivity index (χ2n) is 4.92. The van der Waals surface area contributed by atoms with Gasteiger partial charge in [-0.1, -0.05) is 12.1 Å². The van der Waals surface area contributed by atoms with E-state index in [1.165, 1.54) is 0 Å². The summed E-state index contributed by atoms with van der Waals surface area (Å²) in [5.74, 6) is 0. The van der Waals surface area contributed by atoms with Crippen LogP contribution in [0.15, 0.2) is 43.4 Å². The van der Waals surface area contributed by atoms with E-state index in [1.807, 2.05) is 0 Å². The molecule has 0 amide bonds. The van der Waals surface area contributed by atoms with Crippen LogP contribution in [0.4, 0.5) is 0 Å². The van der Waals surface area contributed by atoms with Crippen LogP contribution in [-0.4, -0.2) is 0 Å². The zero-order valence-electron chi connectivity index (χ0n) is 10.9. The Labute approximate surface area is 112 Å². The average Bonchev–Trinajstić information content (AvgIpc) is 2.41. The molecule has 0 bridgehead atoms. The maximum Gasteiger partial charge on any atom is 0.198 e. The van der Waals surface area contributed by atoms with E-state index in [-0.39, 0.29) is 21.2 Å². The Kier molecular flexibility index (Phi) is 2.44. The molecule has 0 atom stereocenters. The molecule has 4 nitrogen and oxygen atoms in total. The van der Waals surface area contributed by atoms with Crippen molar-refractivity contribution in [2.45, 2.75) is 13.8 Å². The van der Waals surface area contributed by atoms with Crippen LogP contribution < -0.4 is 21.7 Å². The molecular formula is C16H10O4. The molecule has 20 heavy (non-hydrogen) atoms. The summed E-state index contributed by atoms with van der Waals surface area (Å²) in [6.07, 6.45) is 0. The summed E-state index contributed by atoms with van der Waals surface area (Å²) in [5, 5.41) is -0.0946. The first-order valence-corrected chi connectivity index (χ1v) is 6.14. The number of fused-ring (bicyclic) bond motifs is 1. The molecule has 2 aliphatic rings. The first-order valence-electron chi connectivity index (χ1n) is 6.14. The fourth-order valence-electron chi connectivity index (χ4n) is 2.66. The molecule has 0 spiro atoms. The van der Waals surface area contributed by atoms with Gasteiger partial charge < -0.3 is 0 Å². The SMILES string of the molecule is Cc1ccc(C)c2c(=O)c3c(=O)ccc(=O)c=3c(=O)c12. The molecule has 1 aromatic rings. The Morgan fingerprint density at radius 3 is 1.30 bits per heavy atom. The third-order valence-electron chi connectivity index (χ3n) is 3.66. The second-order valence-corrected chi connectivity index (χ2v) is 4.92. The molecule has 4 heteroatoms. The lowest BCUT2D eigenvalue weighted by Crippen LogP contribution is -2.28. The smallest absolute Gasteiger partial charge is 0.198 e. The summed E-state index contributed by atoms with van der Waals surface area (Å²) in [5.41, 5.74) is -0.957. The van der Waals surface area contributed by atoms with Crippen molar-refractivity contribution in [2.24, 2.45) is 0 Å². The van der Waals surface area contributed by atoms with Crippen LogP contribution in [-0.2, 0) is 0 Å². The van der Waals surface area contributed by atoms with Crippen molar-refractivity contribution in [2.75, 3.05) is 0 Å². The quantitative estimate of drug-likeness (QED) is 0.594. The summed E-state index contributed by atoms with van der Waals surface area (Å²) in [7, 11) is 0. The minimum Gasteiger partial charge on any atom is -0.289 e. The van der Waals surface area contributed by atoms with Gasteiger partial charge in [-0.15, -0.1) is 0 Å². The number of benzene rings is 1. The van der Waals surface area contributed by atoms with E-state index in [2.05, 4.69) is 0 Å². The third kappa shape index (κ3) is 1.42. The first kappa shape index (κ1) is 12.4. The van der Waals surface area contributed by atoms with Crippen LogP contribution in [0.2, 0.25) is 0 Å². The topological polar surface area (TPSA) is 68.3 Å². The normalized spacial score (nSPS) is 11.3. The van der Waals surface area contributed by atoms with Crippen molar-refractivity contribution >= 4 is 10.8 Å². The number of rotatable bonds is 0. The van der Waals surface area contributed by atoms with Crippen molar-refractivity contribution < 1.29 is 0 Å². The molecule has 0 radical (unpaired) electrons. The summed E-state index contributed by atoms with van der Waals surface area (Å²) >= 11 is 0. The van der Waals surface area contributed by atoms with Crippen LogP contribution in [0, 0.1) is 24.3 Å². The largest absolute Gasteiger partial charge is 0.289 e. The summed E-state index contributed by atoms with van der Waals surface area (Å²) < 4.78 is 0. The van der Waals surface area contributed by atoms with E-state index in [4.69, 9.17) is 0 Å². The highest BCUT2D eigenvalue weighted by Crippen LogP contribution is 2.15. The zero-order valence-corrected chi connectivity index (χ0v) is 10.9. The van der Waals surface area contributed by atoms with Crippen LogP contribution in [0.25, 0.3) is 10.8 Å². The van der Waals surface area contributed by atoms with E-state index in [0.29, 0.717) is 11.1 Å². The molecule has 1 aromatic carbocycles. The lowest BCUT2D eigenvalue weighted by Gasteiger charge is -2.04. The molecule has 2 aliphatic carbocycles.